The van der Waals surface area contributed by atoms with Gasteiger partial charge in [0.2, 0.25) is 0 Å². The fourth-order valence-corrected chi connectivity index (χ4v) is 2.60. The van der Waals surface area contributed by atoms with E-state index in [1.165, 1.54) is 0 Å². The third kappa shape index (κ3) is 5.13. The van der Waals surface area contributed by atoms with Crippen molar-refractivity contribution < 1.29 is 19.0 Å². The van der Waals surface area contributed by atoms with Crippen molar-refractivity contribution in [2.75, 3.05) is 25.6 Å². The lowest BCUT2D eigenvalue weighted by molar-refractivity contribution is -0.118. The summed E-state index contributed by atoms with van der Waals surface area (Å²) in [5, 5.41) is 11.8. The van der Waals surface area contributed by atoms with E-state index in [1.807, 2.05) is 13.0 Å². The summed E-state index contributed by atoms with van der Waals surface area (Å²) in [6, 6.07) is 12.2. The van der Waals surface area contributed by atoms with Gasteiger partial charge in [0.15, 0.2) is 18.1 Å². The highest BCUT2D eigenvalue weighted by molar-refractivity contribution is 9.10. The fraction of sp³-hybridized carbons (Fsp3) is 0.222. The molecule has 0 saturated carbocycles. The number of carbonyl (C=O) groups excluding carboxylic acids is 1. The molecule has 2 aromatic rings. The smallest absolute Gasteiger partial charge is 0.262 e. The molecule has 6 nitrogen and oxygen atoms in total. The zero-order valence-corrected chi connectivity index (χ0v) is 15.4. The first-order chi connectivity index (χ1) is 12.1. The van der Waals surface area contributed by atoms with Gasteiger partial charge in [0.25, 0.3) is 5.91 Å². The van der Waals surface area contributed by atoms with E-state index < -0.39 is 0 Å². The van der Waals surface area contributed by atoms with Crippen molar-refractivity contribution in [1.29, 1.82) is 5.26 Å². The van der Waals surface area contributed by atoms with Gasteiger partial charge in [0.1, 0.15) is 5.75 Å². The van der Waals surface area contributed by atoms with Gasteiger partial charge in [-0.1, -0.05) is 0 Å². The molecule has 0 saturated heterocycles. The average Bonchev–Trinajstić information content (AvgIpc) is 2.61. The number of carbonyl (C=O) groups is 1. The predicted octanol–water partition coefficient (Wildman–Crippen LogP) is 3.75. The maximum atomic E-state index is 12.1. The molecular formula is C18H17BrN2O4. The molecule has 0 heterocycles. The van der Waals surface area contributed by atoms with Crippen molar-refractivity contribution in [3.8, 4) is 23.3 Å². The van der Waals surface area contributed by atoms with Crippen molar-refractivity contribution in [3.05, 3.63) is 46.4 Å². The monoisotopic (exact) mass is 404 g/mol. The molecule has 0 aliphatic carbocycles. The molecule has 1 amide bonds. The number of benzene rings is 2. The van der Waals surface area contributed by atoms with Crippen LogP contribution >= 0.6 is 15.9 Å². The summed E-state index contributed by atoms with van der Waals surface area (Å²) in [6.07, 6.45) is 0. The molecule has 2 rings (SSSR count). The van der Waals surface area contributed by atoms with Crippen LogP contribution < -0.4 is 19.5 Å². The number of nitriles is 1. The Balaban J connectivity index is 2.04. The molecule has 0 atom stereocenters. The SMILES string of the molecule is CCOc1cc(C#N)cc(Br)c1OCC(=O)Nc1ccc(OC)cc1. The first-order valence-electron chi connectivity index (χ1n) is 7.50. The lowest BCUT2D eigenvalue weighted by atomic mass is 10.2. The number of ether oxygens (including phenoxy) is 3. The third-order valence-electron chi connectivity index (χ3n) is 3.16. The summed E-state index contributed by atoms with van der Waals surface area (Å²) in [5.41, 5.74) is 1.07. The zero-order chi connectivity index (χ0) is 18.2. The highest BCUT2D eigenvalue weighted by Crippen LogP contribution is 2.36. The van der Waals surface area contributed by atoms with Crippen LogP contribution in [-0.4, -0.2) is 26.2 Å². The summed E-state index contributed by atoms with van der Waals surface area (Å²) < 4.78 is 16.7. The highest BCUT2D eigenvalue weighted by Gasteiger charge is 2.14. The number of halogens is 1. The minimum atomic E-state index is -0.316. The number of hydrogen-bond donors (Lipinski definition) is 1. The summed E-state index contributed by atoms with van der Waals surface area (Å²) in [5.74, 6) is 1.18. The number of anilines is 1. The number of nitrogens with one attached hydrogen (secondary N) is 1. The molecule has 2 aromatic carbocycles. The van der Waals surface area contributed by atoms with E-state index in [9.17, 15) is 4.79 Å². The molecule has 0 aliphatic heterocycles. The van der Waals surface area contributed by atoms with Gasteiger partial charge in [-0.2, -0.15) is 5.26 Å². The summed E-state index contributed by atoms with van der Waals surface area (Å²) in [7, 11) is 1.58. The standard InChI is InChI=1S/C18H17BrN2O4/c1-3-24-16-9-12(10-20)8-15(19)18(16)25-11-17(22)21-13-4-6-14(23-2)7-5-13/h4-9H,3,11H2,1-2H3,(H,21,22). The topological polar surface area (TPSA) is 80.6 Å². The Hall–Kier alpha value is -2.72. The first-order valence-corrected chi connectivity index (χ1v) is 8.29. The molecule has 0 aromatic heterocycles. The zero-order valence-electron chi connectivity index (χ0n) is 13.8. The molecular weight excluding hydrogens is 388 g/mol. The second kappa shape index (κ2) is 8.94. The second-order valence-corrected chi connectivity index (χ2v) is 5.75. The lowest BCUT2D eigenvalue weighted by Crippen LogP contribution is -2.20. The van der Waals surface area contributed by atoms with Crippen molar-refractivity contribution in [2.24, 2.45) is 0 Å². The summed E-state index contributed by atoms with van der Waals surface area (Å²) in [6.45, 7) is 2.04. The van der Waals surface area contributed by atoms with Crippen molar-refractivity contribution in [3.63, 3.8) is 0 Å². The van der Waals surface area contributed by atoms with Crippen LogP contribution in [0.4, 0.5) is 5.69 Å². The van der Waals surface area contributed by atoms with Crippen LogP contribution in [-0.2, 0) is 4.79 Å². The van der Waals surface area contributed by atoms with E-state index in [0.717, 1.165) is 0 Å². The van der Waals surface area contributed by atoms with Gasteiger partial charge in [-0.3, -0.25) is 4.79 Å². The molecule has 25 heavy (non-hydrogen) atoms. The number of hydrogen-bond acceptors (Lipinski definition) is 5. The number of nitrogens with zero attached hydrogens (tertiary/aromatic N) is 1. The van der Waals surface area contributed by atoms with Crippen molar-refractivity contribution >= 4 is 27.5 Å². The van der Waals surface area contributed by atoms with Gasteiger partial charge in [0, 0.05) is 11.8 Å². The minimum absolute atomic E-state index is 0.198. The Morgan fingerprint density at radius 1 is 1.24 bits per heavy atom. The predicted molar refractivity (Wildman–Crippen MR) is 97.1 cm³/mol. The molecule has 0 bridgehead atoms. The quantitative estimate of drug-likeness (QED) is 0.759. The Morgan fingerprint density at radius 2 is 1.96 bits per heavy atom. The highest BCUT2D eigenvalue weighted by atomic mass is 79.9. The first kappa shape index (κ1) is 18.6. The average molecular weight is 405 g/mol. The van der Waals surface area contributed by atoms with Gasteiger partial charge in [-0.25, -0.2) is 0 Å². The molecule has 0 aliphatic rings. The van der Waals surface area contributed by atoms with E-state index in [0.29, 0.717) is 39.6 Å². The van der Waals surface area contributed by atoms with Gasteiger partial charge in [-0.05, 0) is 53.2 Å². The maximum Gasteiger partial charge on any atom is 0.262 e. The minimum Gasteiger partial charge on any atom is -0.497 e. The van der Waals surface area contributed by atoms with Gasteiger partial charge < -0.3 is 19.5 Å². The molecule has 0 fully saturated rings. The number of methoxy groups -OCH3 is 1. The Bertz CT molecular complexity index is 785. The molecule has 130 valence electrons. The Morgan fingerprint density at radius 3 is 2.56 bits per heavy atom. The molecule has 7 heteroatoms. The van der Waals surface area contributed by atoms with Gasteiger partial charge in [-0.15, -0.1) is 0 Å². The largest absolute Gasteiger partial charge is 0.497 e. The summed E-state index contributed by atoms with van der Waals surface area (Å²) >= 11 is 3.34. The fourth-order valence-electron chi connectivity index (χ4n) is 2.04. The lowest BCUT2D eigenvalue weighted by Gasteiger charge is -2.14. The van der Waals surface area contributed by atoms with E-state index in [2.05, 4.69) is 21.2 Å². The van der Waals surface area contributed by atoms with Gasteiger partial charge in [0.05, 0.1) is 29.8 Å². The number of rotatable bonds is 7. The van der Waals surface area contributed by atoms with Crippen LogP contribution in [0.2, 0.25) is 0 Å². The van der Waals surface area contributed by atoms with E-state index in [1.54, 1.807) is 43.5 Å². The second-order valence-electron chi connectivity index (χ2n) is 4.90. The third-order valence-corrected chi connectivity index (χ3v) is 3.75. The van der Waals surface area contributed by atoms with Crippen LogP contribution in [0, 0.1) is 11.3 Å². The van der Waals surface area contributed by atoms with E-state index in [-0.39, 0.29) is 12.5 Å². The van der Waals surface area contributed by atoms with Crippen molar-refractivity contribution in [2.45, 2.75) is 6.92 Å². The molecule has 0 unspecified atom stereocenters. The maximum absolute atomic E-state index is 12.1. The van der Waals surface area contributed by atoms with Crippen molar-refractivity contribution in [1.82, 2.24) is 0 Å². The van der Waals surface area contributed by atoms with Crippen LogP contribution in [0.15, 0.2) is 40.9 Å². The Labute approximate surface area is 154 Å². The molecule has 0 spiro atoms. The van der Waals surface area contributed by atoms with Gasteiger partial charge >= 0.3 is 0 Å². The van der Waals surface area contributed by atoms with Crippen LogP contribution in [0.1, 0.15) is 12.5 Å². The van der Waals surface area contributed by atoms with Crippen LogP contribution in [0.25, 0.3) is 0 Å². The molecule has 1 N–H and O–H groups in total. The number of amides is 1. The van der Waals surface area contributed by atoms with E-state index in [4.69, 9.17) is 19.5 Å². The molecule has 0 radical (unpaired) electrons. The van der Waals surface area contributed by atoms with E-state index >= 15 is 0 Å². The normalized spacial score (nSPS) is 9.84. The van der Waals surface area contributed by atoms with Crippen LogP contribution in [0.5, 0.6) is 17.2 Å². The Kier molecular flexibility index (Phi) is 6.66. The summed E-state index contributed by atoms with van der Waals surface area (Å²) in [4.78, 5) is 12.1. The van der Waals surface area contributed by atoms with Crippen LogP contribution in [0.3, 0.4) is 0 Å².